The summed E-state index contributed by atoms with van der Waals surface area (Å²) in [7, 11) is 0. The molecule has 1 atom stereocenters. The standard InChI is InChI=1S/C13H21ClN4O/c1-4-7-19-13-16-11(14)15-12(17-13)18-6-5-10(8-18)9(2)3/h9-10H,4-8H2,1-3H3. The Kier molecular flexibility index (Phi) is 4.80. The summed E-state index contributed by atoms with van der Waals surface area (Å²) in [5.41, 5.74) is 0. The van der Waals surface area contributed by atoms with Crippen molar-refractivity contribution in [3.63, 3.8) is 0 Å². The van der Waals surface area contributed by atoms with Gasteiger partial charge < -0.3 is 9.64 Å². The minimum atomic E-state index is 0.198. The summed E-state index contributed by atoms with van der Waals surface area (Å²) in [5.74, 6) is 2.00. The average molecular weight is 285 g/mol. The molecular weight excluding hydrogens is 264 g/mol. The number of hydrogen-bond acceptors (Lipinski definition) is 5. The van der Waals surface area contributed by atoms with E-state index >= 15 is 0 Å². The summed E-state index contributed by atoms with van der Waals surface area (Å²) in [6, 6.07) is 0.324. The number of aromatic nitrogens is 3. The van der Waals surface area contributed by atoms with Gasteiger partial charge in [-0.15, -0.1) is 0 Å². The van der Waals surface area contributed by atoms with E-state index in [1.807, 2.05) is 6.92 Å². The van der Waals surface area contributed by atoms with Crippen molar-refractivity contribution in [1.82, 2.24) is 15.0 Å². The van der Waals surface area contributed by atoms with Crippen LogP contribution in [0.4, 0.5) is 5.95 Å². The van der Waals surface area contributed by atoms with Crippen molar-refractivity contribution in [3.05, 3.63) is 5.28 Å². The van der Waals surface area contributed by atoms with Crippen molar-refractivity contribution in [2.45, 2.75) is 33.6 Å². The molecule has 0 spiro atoms. The minimum absolute atomic E-state index is 0.198. The highest BCUT2D eigenvalue weighted by Gasteiger charge is 2.27. The van der Waals surface area contributed by atoms with Crippen LogP contribution in [0.25, 0.3) is 0 Å². The van der Waals surface area contributed by atoms with Gasteiger partial charge in [0, 0.05) is 13.1 Å². The topological polar surface area (TPSA) is 51.1 Å². The summed E-state index contributed by atoms with van der Waals surface area (Å²) >= 11 is 5.94. The largest absolute Gasteiger partial charge is 0.463 e. The Morgan fingerprint density at radius 1 is 1.37 bits per heavy atom. The predicted octanol–water partition coefficient (Wildman–Crippen LogP) is 2.80. The summed E-state index contributed by atoms with van der Waals surface area (Å²) < 4.78 is 5.44. The van der Waals surface area contributed by atoms with Gasteiger partial charge in [0.25, 0.3) is 0 Å². The number of halogens is 1. The van der Waals surface area contributed by atoms with E-state index in [1.165, 1.54) is 6.42 Å². The molecule has 0 radical (unpaired) electrons. The van der Waals surface area contributed by atoms with Gasteiger partial charge in [0.2, 0.25) is 11.2 Å². The number of hydrogen-bond donors (Lipinski definition) is 0. The second-order valence-corrected chi connectivity index (χ2v) is 5.61. The van der Waals surface area contributed by atoms with E-state index in [9.17, 15) is 0 Å². The molecule has 19 heavy (non-hydrogen) atoms. The molecule has 1 aliphatic heterocycles. The van der Waals surface area contributed by atoms with E-state index in [2.05, 4.69) is 33.7 Å². The fraction of sp³-hybridized carbons (Fsp3) is 0.769. The zero-order chi connectivity index (χ0) is 13.8. The molecule has 1 aliphatic rings. The molecule has 5 nitrogen and oxygen atoms in total. The van der Waals surface area contributed by atoms with Gasteiger partial charge in [-0.3, -0.25) is 0 Å². The second-order valence-electron chi connectivity index (χ2n) is 5.27. The van der Waals surface area contributed by atoms with Gasteiger partial charge in [-0.2, -0.15) is 15.0 Å². The highest BCUT2D eigenvalue weighted by molar-refractivity contribution is 6.28. The van der Waals surface area contributed by atoms with Crippen LogP contribution in [0.5, 0.6) is 6.01 Å². The lowest BCUT2D eigenvalue weighted by molar-refractivity contribution is 0.291. The van der Waals surface area contributed by atoms with E-state index in [0.717, 1.165) is 19.5 Å². The molecule has 106 valence electrons. The number of anilines is 1. The fourth-order valence-electron chi connectivity index (χ4n) is 2.23. The third-order valence-corrected chi connectivity index (χ3v) is 3.63. The van der Waals surface area contributed by atoms with Crippen LogP contribution >= 0.6 is 11.6 Å². The zero-order valence-corrected chi connectivity index (χ0v) is 12.5. The first-order valence-corrected chi connectivity index (χ1v) is 7.27. The van der Waals surface area contributed by atoms with Crippen molar-refractivity contribution in [3.8, 4) is 6.01 Å². The van der Waals surface area contributed by atoms with Gasteiger partial charge in [-0.05, 0) is 36.3 Å². The van der Waals surface area contributed by atoms with Crippen molar-refractivity contribution >= 4 is 17.5 Å². The van der Waals surface area contributed by atoms with Crippen LogP contribution in [-0.4, -0.2) is 34.6 Å². The Balaban J connectivity index is 2.09. The van der Waals surface area contributed by atoms with Gasteiger partial charge in [0.05, 0.1) is 6.61 Å². The van der Waals surface area contributed by atoms with Crippen LogP contribution in [0, 0.1) is 11.8 Å². The molecule has 2 rings (SSSR count). The van der Waals surface area contributed by atoms with Gasteiger partial charge in [-0.1, -0.05) is 20.8 Å². The van der Waals surface area contributed by atoms with Crippen molar-refractivity contribution in [1.29, 1.82) is 0 Å². The summed E-state index contributed by atoms with van der Waals surface area (Å²) in [5, 5.41) is 0.198. The van der Waals surface area contributed by atoms with Crippen LogP contribution in [0.15, 0.2) is 0 Å². The molecule has 0 saturated carbocycles. The lowest BCUT2D eigenvalue weighted by atomic mass is 9.95. The third-order valence-electron chi connectivity index (χ3n) is 3.46. The first-order chi connectivity index (χ1) is 9.10. The average Bonchev–Trinajstić information content (AvgIpc) is 2.85. The van der Waals surface area contributed by atoms with Crippen LogP contribution in [-0.2, 0) is 0 Å². The summed E-state index contributed by atoms with van der Waals surface area (Å²) in [4.78, 5) is 14.7. The molecule has 0 amide bonds. The van der Waals surface area contributed by atoms with E-state index < -0.39 is 0 Å². The van der Waals surface area contributed by atoms with E-state index in [4.69, 9.17) is 16.3 Å². The Hall–Kier alpha value is -1.10. The number of nitrogens with zero attached hydrogens (tertiary/aromatic N) is 4. The van der Waals surface area contributed by atoms with Crippen LogP contribution < -0.4 is 9.64 Å². The van der Waals surface area contributed by atoms with Crippen LogP contribution in [0.1, 0.15) is 33.6 Å². The zero-order valence-electron chi connectivity index (χ0n) is 11.8. The molecule has 6 heteroatoms. The molecule has 1 aromatic heterocycles. The first kappa shape index (κ1) is 14.3. The quantitative estimate of drug-likeness (QED) is 0.832. The highest BCUT2D eigenvalue weighted by atomic mass is 35.5. The molecule has 1 fully saturated rings. The maximum atomic E-state index is 5.94. The molecule has 0 aromatic carbocycles. The molecule has 1 aromatic rings. The van der Waals surface area contributed by atoms with Gasteiger partial charge >= 0.3 is 6.01 Å². The molecule has 0 N–H and O–H groups in total. The van der Waals surface area contributed by atoms with Crippen LogP contribution in [0.3, 0.4) is 0 Å². The number of rotatable bonds is 5. The first-order valence-electron chi connectivity index (χ1n) is 6.89. The molecule has 2 heterocycles. The lowest BCUT2D eigenvalue weighted by Crippen LogP contribution is -2.24. The lowest BCUT2D eigenvalue weighted by Gasteiger charge is -2.18. The normalized spacial score (nSPS) is 19.2. The summed E-state index contributed by atoms with van der Waals surface area (Å²) in [6.07, 6.45) is 2.09. The molecule has 1 unspecified atom stereocenters. The Labute approximate surface area is 119 Å². The highest BCUT2D eigenvalue weighted by Crippen LogP contribution is 2.27. The van der Waals surface area contributed by atoms with Crippen molar-refractivity contribution in [2.75, 3.05) is 24.6 Å². The van der Waals surface area contributed by atoms with Gasteiger partial charge in [0.15, 0.2) is 0 Å². The monoisotopic (exact) mass is 284 g/mol. The van der Waals surface area contributed by atoms with Crippen molar-refractivity contribution < 1.29 is 4.74 Å². The molecular formula is C13H21ClN4O. The minimum Gasteiger partial charge on any atom is -0.463 e. The molecule has 0 aliphatic carbocycles. The number of ether oxygens (including phenoxy) is 1. The van der Waals surface area contributed by atoms with Gasteiger partial charge in [0.1, 0.15) is 0 Å². The Morgan fingerprint density at radius 3 is 2.79 bits per heavy atom. The van der Waals surface area contributed by atoms with E-state index in [0.29, 0.717) is 30.4 Å². The van der Waals surface area contributed by atoms with Gasteiger partial charge in [-0.25, -0.2) is 0 Å². The predicted molar refractivity (Wildman–Crippen MR) is 75.8 cm³/mol. The molecule has 0 bridgehead atoms. The smallest absolute Gasteiger partial charge is 0.322 e. The van der Waals surface area contributed by atoms with Crippen molar-refractivity contribution in [2.24, 2.45) is 11.8 Å². The SMILES string of the molecule is CCCOc1nc(Cl)nc(N2CCC(C(C)C)C2)n1. The maximum absolute atomic E-state index is 5.94. The fourth-order valence-corrected chi connectivity index (χ4v) is 2.38. The van der Waals surface area contributed by atoms with E-state index in [1.54, 1.807) is 0 Å². The van der Waals surface area contributed by atoms with E-state index in [-0.39, 0.29) is 5.28 Å². The van der Waals surface area contributed by atoms with Crippen LogP contribution in [0.2, 0.25) is 5.28 Å². The molecule has 1 saturated heterocycles. The maximum Gasteiger partial charge on any atom is 0.322 e. The Bertz CT molecular complexity index is 427. The Morgan fingerprint density at radius 2 is 2.16 bits per heavy atom. The second kappa shape index (κ2) is 6.37. The third kappa shape index (κ3) is 3.69. The summed E-state index contributed by atoms with van der Waals surface area (Å²) in [6.45, 7) is 9.09.